The SMILES string of the molecule is COc1ccc(C=C2CCCc3c2nc2ccccc2c3C(=O)OC2CCCCC2=O)cc1OC. The van der Waals surface area contributed by atoms with E-state index in [0.717, 1.165) is 65.4 Å². The maximum atomic E-state index is 13.5. The number of rotatable bonds is 5. The van der Waals surface area contributed by atoms with Gasteiger partial charge in [-0.1, -0.05) is 24.3 Å². The Hall–Kier alpha value is -3.67. The fourth-order valence-corrected chi connectivity index (χ4v) is 5.12. The maximum Gasteiger partial charge on any atom is 0.339 e. The first-order valence-corrected chi connectivity index (χ1v) is 12.2. The van der Waals surface area contributed by atoms with Gasteiger partial charge in [0.15, 0.2) is 23.4 Å². The number of carbonyl (C=O) groups is 2. The van der Waals surface area contributed by atoms with Crippen LogP contribution in [0.25, 0.3) is 22.6 Å². The van der Waals surface area contributed by atoms with E-state index in [1.807, 2.05) is 42.5 Å². The number of aromatic nitrogens is 1. The summed E-state index contributed by atoms with van der Waals surface area (Å²) in [4.78, 5) is 30.8. The summed E-state index contributed by atoms with van der Waals surface area (Å²) in [7, 11) is 3.23. The normalized spacial score (nSPS) is 18.9. The highest BCUT2D eigenvalue weighted by Gasteiger charge is 2.30. The summed E-state index contributed by atoms with van der Waals surface area (Å²) in [6.07, 6.45) is 6.77. The van der Waals surface area contributed by atoms with E-state index in [4.69, 9.17) is 19.2 Å². The van der Waals surface area contributed by atoms with Crippen LogP contribution in [-0.4, -0.2) is 37.1 Å². The zero-order chi connectivity index (χ0) is 24.4. The molecule has 6 heteroatoms. The quantitative estimate of drug-likeness (QED) is 0.438. The minimum Gasteiger partial charge on any atom is -0.493 e. The summed E-state index contributed by atoms with van der Waals surface area (Å²) in [5, 5.41) is 0.770. The van der Waals surface area contributed by atoms with Gasteiger partial charge in [-0.3, -0.25) is 4.79 Å². The molecular formula is C29H29NO5. The van der Waals surface area contributed by atoms with Gasteiger partial charge in [0.05, 0.1) is 31.0 Å². The van der Waals surface area contributed by atoms with Gasteiger partial charge in [-0.05, 0) is 79.5 Å². The summed E-state index contributed by atoms with van der Waals surface area (Å²) in [6.45, 7) is 0. The van der Waals surface area contributed by atoms with Gasteiger partial charge in [-0.15, -0.1) is 0 Å². The van der Waals surface area contributed by atoms with E-state index in [-0.39, 0.29) is 5.78 Å². The van der Waals surface area contributed by atoms with Gasteiger partial charge in [0.2, 0.25) is 0 Å². The Morgan fingerprint density at radius 1 is 0.971 bits per heavy atom. The lowest BCUT2D eigenvalue weighted by Gasteiger charge is -2.25. The Balaban J connectivity index is 1.60. The molecule has 1 fully saturated rings. The Bertz CT molecular complexity index is 1330. The minimum absolute atomic E-state index is 0.0193. The number of hydrogen-bond donors (Lipinski definition) is 0. The van der Waals surface area contributed by atoms with E-state index in [1.54, 1.807) is 14.2 Å². The van der Waals surface area contributed by atoms with Crippen LogP contribution in [0.15, 0.2) is 42.5 Å². The van der Waals surface area contributed by atoms with Crippen LogP contribution >= 0.6 is 0 Å². The van der Waals surface area contributed by atoms with Crippen molar-refractivity contribution < 1.29 is 23.8 Å². The predicted octanol–water partition coefficient (Wildman–Crippen LogP) is 5.80. The first-order chi connectivity index (χ1) is 17.1. The molecule has 0 radical (unpaired) electrons. The van der Waals surface area contributed by atoms with Crippen molar-refractivity contribution in [3.8, 4) is 11.5 Å². The zero-order valence-electron chi connectivity index (χ0n) is 20.1. The highest BCUT2D eigenvalue weighted by atomic mass is 16.5. The van der Waals surface area contributed by atoms with Crippen molar-refractivity contribution in [3.63, 3.8) is 0 Å². The van der Waals surface area contributed by atoms with Crippen molar-refractivity contribution in [2.24, 2.45) is 0 Å². The topological polar surface area (TPSA) is 74.7 Å². The summed E-state index contributed by atoms with van der Waals surface area (Å²) in [6, 6.07) is 13.4. The van der Waals surface area contributed by atoms with Gasteiger partial charge in [0, 0.05) is 11.8 Å². The lowest BCUT2D eigenvalue weighted by Crippen LogP contribution is -2.30. The molecule has 1 aromatic heterocycles. The maximum absolute atomic E-state index is 13.5. The lowest BCUT2D eigenvalue weighted by molar-refractivity contribution is -0.129. The fourth-order valence-electron chi connectivity index (χ4n) is 5.12. The van der Waals surface area contributed by atoms with E-state index in [1.165, 1.54) is 0 Å². The Labute approximate surface area is 204 Å². The number of carbonyl (C=O) groups excluding carboxylic acids is 2. The van der Waals surface area contributed by atoms with Crippen molar-refractivity contribution in [2.75, 3.05) is 14.2 Å². The Morgan fingerprint density at radius 3 is 2.60 bits per heavy atom. The molecule has 1 heterocycles. The molecule has 2 aromatic carbocycles. The smallest absolute Gasteiger partial charge is 0.339 e. The molecule has 0 spiro atoms. The second-order valence-electron chi connectivity index (χ2n) is 9.07. The number of esters is 1. The number of pyridine rings is 1. The third-order valence-corrected chi connectivity index (χ3v) is 6.87. The predicted molar refractivity (Wildman–Crippen MR) is 135 cm³/mol. The van der Waals surface area contributed by atoms with Crippen LogP contribution < -0.4 is 9.47 Å². The van der Waals surface area contributed by atoms with Crippen molar-refractivity contribution in [1.82, 2.24) is 4.98 Å². The summed E-state index contributed by atoms with van der Waals surface area (Å²) < 4.78 is 16.6. The van der Waals surface area contributed by atoms with Crippen molar-refractivity contribution in [3.05, 3.63) is 64.8 Å². The summed E-state index contributed by atoms with van der Waals surface area (Å²) in [5.41, 5.74) is 5.04. The number of Topliss-reactive ketones (excluding diaryl/α,β-unsaturated/α-hetero) is 1. The number of para-hydroxylation sites is 1. The van der Waals surface area contributed by atoms with Crippen molar-refractivity contribution in [1.29, 1.82) is 0 Å². The average molecular weight is 472 g/mol. The Morgan fingerprint density at radius 2 is 1.80 bits per heavy atom. The van der Waals surface area contributed by atoms with Crippen LogP contribution in [0.2, 0.25) is 0 Å². The van der Waals surface area contributed by atoms with E-state index >= 15 is 0 Å². The van der Waals surface area contributed by atoms with E-state index in [2.05, 4.69) is 6.08 Å². The molecule has 3 aromatic rings. The third-order valence-electron chi connectivity index (χ3n) is 6.87. The molecule has 0 saturated heterocycles. The molecule has 1 unspecified atom stereocenters. The second kappa shape index (κ2) is 9.90. The molecule has 2 aliphatic carbocycles. The number of allylic oxidation sites excluding steroid dienone is 1. The Kier molecular flexibility index (Phi) is 6.53. The highest BCUT2D eigenvalue weighted by Crippen LogP contribution is 2.38. The summed E-state index contributed by atoms with van der Waals surface area (Å²) in [5.74, 6) is 0.925. The number of fused-ring (bicyclic) bond motifs is 2. The minimum atomic E-state index is -0.649. The number of nitrogens with zero attached hydrogens (tertiary/aromatic N) is 1. The molecule has 0 bridgehead atoms. The van der Waals surface area contributed by atoms with Crippen molar-refractivity contribution >= 4 is 34.3 Å². The zero-order valence-corrected chi connectivity index (χ0v) is 20.1. The van der Waals surface area contributed by atoms with Crippen LogP contribution in [0.5, 0.6) is 11.5 Å². The highest BCUT2D eigenvalue weighted by molar-refractivity contribution is 6.07. The van der Waals surface area contributed by atoms with Gasteiger partial charge >= 0.3 is 5.97 Å². The second-order valence-corrected chi connectivity index (χ2v) is 9.07. The molecule has 0 amide bonds. The number of methoxy groups -OCH3 is 2. The van der Waals surface area contributed by atoms with Crippen LogP contribution in [0, 0.1) is 0 Å². The van der Waals surface area contributed by atoms with Crippen LogP contribution in [0.4, 0.5) is 0 Å². The van der Waals surface area contributed by atoms with Gasteiger partial charge in [-0.25, -0.2) is 9.78 Å². The van der Waals surface area contributed by atoms with Gasteiger partial charge < -0.3 is 14.2 Å². The monoisotopic (exact) mass is 471 g/mol. The van der Waals surface area contributed by atoms with E-state index in [9.17, 15) is 9.59 Å². The molecule has 6 nitrogen and oxygen atoms in total. The van der Waals surface area contributed by atoms with Crippen LogP contribution in [-0.2, 0) is 16.0 Å². The molecule has 0 N–H and O–H groups in total. The number of ether oxygens (including phenoxy) is 3. The van der Waals surface area contributed by atoms with Gasteiger partial charge in [-0.2, -0.15) is 0 Å². The lowest BCUT2D eigenvalue weighted by atomic mass is 9.85. The van der Waals surface area contributed by atoms with Crippen LogP contribution in [0.1, 0.15) is 65.7 Å². The van der Waals surface area contributed by atoms with E-state index < -0.39 is 12.1 Å². The molecule has 0 aliphatic heterocycles. The molecule has 1 atom stereocenters. The largest absolute Gasteiger partial charge is 0.493 e. The molecular weight excluding hydrogens is 442 g/mol. The van der Waals surface area contributed by atoms with E-state index in [0.29, 0.717) is 29.9 Å². The molecule has 1 saturated carbocycles. The standard InChI is InChI=1S/C29H29NO5/c1-33-25-15-14-18(17-26(25)34-2)16-19-8-7-10-21-27(20-9-3-4-11-22(20)30-28(19)21)29(32)35-24-13-6-5-12-23(24)31/h3-4,9,11,14-17,24H,5-8,10,12-13H2,1-2H3. The molecule has 2 aliphatic rings. The van der Waals surface area contributed by atoms with Crippen LogP contribution in [0.3, 0.4) is 0 Å². The summed E-state index contributed by atoms with van der Waals surface area (Å²) >= 11 is 0. The number of benzene rings is 2. The number of hydrogen-bond acceptors (Lipinski definition) is 6. The first kappa shape index (κ1) is 23.1. The van der Waals surface area contributed by atoms with Crippen molar-refractivity contribution in [2.45, 2.75) is 51.0 Å². The molecule has 35 heavy (non-hydrogen) atoms. The number of ketones is 1. The third kappa shape index (κ3) is 4.53. The van der Waals surface area contributed by atoms with Gasteiger partial charge in [0.25, 0.3) is 0 Å². The first-order valence-electron chi connectivity index (χ1n) is 12.2. The molecule has 180 valence electrons. The van der Waals surface area contributed by atoms with Gasteiger partial charge in [0.1, 0.15) is 0 Å². The average Bonchev–Trinajstić information content (AvgIpc) is 2.88. The molecule has 5 rings (SSSR count). The fraction of sp³-hybridized carbons (Fsp3) is 0.345.